The number of aromatic hydroxyl groups is 1. The van der Waals surface area contributed by atoms with Gasteiger partial charge in [-0.05, 0) is 55.6 Å². The highest BCUT2D eigenvalue weighted by atomic mass is 79.9. The number of phenolic OH excluding ortho intramolecular Hbond substituents is 1. The van der Waals surface area contributed by atoms with Gasteiger partial charge < -0.3 is 9.84 Å². The fraction of sp³-hybridized carbons (Fsp3) is 0.125. The predicted octanol–water partition coefficient (Wildman–Crippen LogP) is 3.76. The summed E-state index contributed by atoms with van der Waals surface area (Å²) in [6, 6.07) is 7.24. The number of halogens is 3. The Morgan fingerprint density at radius 1 is 1.33 bits per heavy atom. The average molecular weight is 460 g/mol. The van der Waals surface area contributed by atoms with Crippen molar-refractivity contribution in [1.82, 2.24) is 5.43 Å². The molecule has 0 saturated heterocycles. The topological polar surface area (TPSA) is 70.9 Å². The molecule has 2 aromatic carbocycles. The second-order valence-electron chi connectivity index (χ2n) is 4.74. The van der Waals surface area contributed by atoms with Gasteiger partial charge >= 0.3 is 0 Å². The van der Waals surface area contributed by atoms with Crippen LogP contribution in [0.2, 0.25) is 0 Å². The molecule has 0 bridgehead atoms. The van der Waals surface area contributed by atoms with Crippen LogP contribution in [0.3, 0.4) is 0 Å². The molecule has 2 aromatic rings. The maximum atomic E-state index is 12.8. The van der Waals surface area contributed by atoms with E-state index in [1.807, 2.05) is 0 Å². The van der Waals surface area contributed by atoms with Crippen LogP contribution in [0.25, 0.3) is 0 Å². The molecule has 2 rings (SSSR count). The number of nitrogens with zero attached hydrogens (tertiary/aromatic N) is 1. The molecule has 0 aliphatic rings. The molecular weight excluding hydrogens is 447 g/mol. The number of benzene rings is 2. The zero-order valence-electron chi connectivity index (χ0n) is 12.5. The van der Waals surface area contributed by atoms with Crippen LogP contribution in [-0.2, 0) is 11.2 Å². The number of hydrogen-bond donors (Lipinski definition) is 2. The van der Waals surface area contributed by atoms with Crippen LogP contribution in [0, 0.1) is 5.82 Å². The molecule has 0 aliphatic carbocycles. The number of hydrazone groups is 1. The fourth-order valence-electron chi connectivity index (χ4n) is 1.86. The zero-order chi connectivity index (χ0) is 17.7. The van der Waals surface area contributed by atoms with Crippen molar-refractivity contribution in [3.8, 4) is 11.5 Å². The lowest BCUT2D eigenvalue weighted by molar-refractivity contribution is -0.120. The van der Waals surface area contributed by atoms with E-state index in [9.17, 15) is 14.3 Å². The minimum absolute atomic E-state index is 0.0399. The highest BCUT2D eigenvalue weighted by Crippen LogP contribution is 2.41. The Labute approximate surface area is 154 Å². The molecule has 0 saturated carbocycles. The minimum atomic E-state index is -0.353. The second-order valence-corrected chi connectivity index (χ2v) is 6.33. The van der Waals surface area contributed by atoms with E-state index < -0.39 is 0 Å². The van der Waals surface area contributed by atoms with E-state index in [1.54, 1.807) is 6.07 Å². The highest BCUT2D eigenvalue weighted by Gasteiger charge is 2.13. The molecule has 2 N–H and O–H groups in total. The molecule has 126 valence electrons. The predicted molar refractivity (Wildman–Crippen MR) is 95.9 cm³/mol. The van der Waals surface area contributed by atoms with Gasteiger partial charge in [0.1, 0.15) is 5.82 Å². The lowest BCUT2D eigenvalue weighted by Gasteiger charge is -2.09. The molecule has 0 aromatic heterocycles. The van der Waals surface area contributed by atoms with Gasteiger partial charge in [0, 0.05) is 10.0 Å². The Kier molecular flexibility index (Phi) is 6.33. The number of rotatable bonds is 5. The van der Waals surface area contributed by atoms with E-state index in [0.29, 0.717) is 20.1 Å². The van der Waals surface area contributed by atoms with Crippen LogP contribution >= 0.6 is 31.9 Å². The molecule has 0 fully saturated rings. The van der Waals surface area contributed by atoms with Crippen LogP contribution in [0.1, 0.15) is 11.1 Å². The number of amides is 1. The van der Waals surface area contributed by atoms with Crippen molar-refractivity contribution < 1.29 is 19.0 Å². The molecule has 24 heavy (non-hydrogen) atoms. The summed E-state index contributed by atoms with van der Waals surface area (Å²) >= 11 is 6.56. The molecule has 8 heteroatoms. The van der Waals surface area contributed by atoms with Crippen LogP contribution in [0.4, 0.5) is 4.39 Å². The van der Waals surface area contributed by atoms with Gasteiger partial charge in [-0.1, -0.05) is 12.1 Å². The Hall–Kier alpha value is -1.93. The van der Waals surface area contributed by atoms with Crippen LogP contribution in [-0.4, -0.2) is 24.3 Å². The van der Waals surface area contributed by atoms with Gasteiger partial charge in [0.15, 0.2) is 11.5 Å². The van der Waals surface area contributed by atoms with Gasteiger partial charge in [-0.3, -0.25) is 4.79 Å². The van der Waals surface area contributed by atoms with Crippen LogP contribution < -0.4 is 10.2 Å². The van der Waals surface area contributed by atoms with Crippen molar-refractivity contribution in [3.05, 3.63) is 56.2 Å². The minimum Gasteiger partial charge on any atom is -0.503 e. The summed E-state index contributed by atoms with van der Waals surface area (Å²) in [4.78, 5) is 11.8. The first-order chi connectivity index (χ1) is 11.4. The number of ether oxygens (including phenoxy) is 1. The van der Waals surface area contributed by atoms with Crippen LogP contribution in [0.5, 0.6) is 11.5 Å². The van der Waals surface area contributed by atoms with Crippen LogP contribution in [0.15, 0.2) is 44.4 Å². The molecule has 0 spiro atoms. The van der Waals surface area contributed by atoms with Gasteiger partial charge in [0.25, 0.3) is 0 Å². The molecule has 0 unspecified atom stereocenters. The molecular formula is C16H13Br2FN2O3. The monoisotopic (exact) mass is 458 g/mol. The van der Waals surface area contributed by atoms with Gasteiger partial charge in [-0.25, -0.2) is 9.82 Å². The van der Waals surface area contributed by atoms with Crippen molar-refractivity contribution in [2.24, 2.45) is 5.10 Å². The summed E-state index contributed by atoms with van der Waals surface area (Å²) in [5.74, 6) is -0.460. The van der Waals surface area contributed by atoms with Gasteiger partial charge in [0.2, 0.25) is 5.91 Å². The van der Waals surface area contributed by atoms with E-state index in [4.69, 9.17) is 4.74 Å². The third-order valence-electron chi connectivity index (χ3n) is 3.06. The van der Waals surface area contributed by atoms with Crippen molar-refractivity contribution in [2.45, 2.75) is 6.42 Å². The van der Waals surface area contributed by atoms with Gasteiger partial charge in [0.05, 0.1) is 24.2 Å². The molecule has 0 heterocycles. The van der Waals surface area contributed by atoms with Gasteiger partial charge in [-0.2, -0.15) is 5.10 Å². The Bertz CT molecular complexity index is 780. The number of carbonyl (C=O) groups excluding carboxylic acids is 1. The molecule has 1 amide bonds. The maximum Gasteiger partial charge on any atom is 0.244 e. The highest BCUT2D eigenvalue weighted by molar-refractivity contribution is 9.13. The first-order valence-corrected chi connectivity index (χ1v) is 8.32. The van der Waals surface area contributed by atoms with Crippen molar-refractivity contribution in [2.75, 3.05) is 7.11 Å². The van der Waals surface area contributed by atoms with Crippen molar-refractivity contribution in [1.29, 1.82) is 0 Å². The van der Waals surface area contributed by atoms with E-state index in [0.717, 1.165) is 0 Å². The smallest absolute Gasteiger partial charge is 0.244 e. The maximum absolute atomic E-state index is 12.8. The summed E-state index contributed by atoms with van der Waals surface area (Å²) in [6.45, 7) is 0. The number of phenols is 1. The zero-order valence-corrected chi connectivity index (χ0v) is 15.7. The summed E-state index contributed by atoms with van der Waals surface area (Å²) < 4.78 is 18.9. The van der Waals surface area contributed by atoms with Gasteiger partial charge in [-0.15, -0.1) is 0 Å². The Morgan fingerprint density at radius 2 is 2.00 bits per heavy atom. The number of nitrogens with one attached hydrogen (secondary N) is 1. The molecule has 0 aliphatic heterocycles. The average Bonchev–Trinajstić information content (AvgIpc) is 2.57. The lowest BCUT2D eigenvalue weighted by atomic mass is 10.1. The summed E-state index contributed by atoms with van der Waals surface area (Å²) in [5.41, 5.74) is 3.67. The lowest BCUT2D eigenvalue weighted by Crippen LogP contribution is -2.19. The SMILES string of the molecule is COc1cc(/C=N/NC(=O)Cc2ccc(F)cc2)c(Br)c(Br)c1O. The third kappa shape index (κ3) is 4.55. The summed E-state index contributed by atoms with van der Waals surface area (Å²) in [6.07, 6.45) is 1.50. The standard InChI is InChI=1S/C16H13Br2FN2O3/c1-24-12-7-10(14(17)15(18)16(12)23)8-20-21-13(22)6-9-2-4-11(19)5-3-9/h2-5,7-8,23H,6H2,1H3,(H,21,22)/b20-8+. The molecule has 0 atom stereocenters. The van der Waals surface area contributed by atoms with E-state index >= 15 is 0 Å². The fourth-order valence-corrected chi connectivity index (χ4v) is 2.69. The van der Waals surface area contributed by atoms with Crippen molar-refractivity contribution in [3.63, 3.8) is 0 Å². The Balaban J connectivity index is 2.04. The summed E-state index contributed by atoms with van der Waals surface area (Å²) in [5, 5.41) is 13.7. The summed E-state index contributed by atoms with van der Waals surface area (Å²) in [7, 11) is 1.43. The largest absolute Gasteiger partial charge is 0.503 e. The van der Waals surface area contributed by atoms with Crippen molar-refractivity contribution >= 4 is 44.0 Å². The number of methoxy groups -OCH3 is 1. The molecule has 0 radical (unpaired) electrons. The second kappa shape index (κ2) is 8.25. The number of hydrogen-bond acceptors (Lipinski definition) is 4. The normalized spacial score (nSPS) is 10.8. The molecule has 5 nitrogen and oxygen atoms in total. The first kappa shape index (κ1) is 18.4. The first-order valence-electron chi connectivity index (χ1n) is 6.73. The van der Waals surface area contributed by atoms with E-state index in [1.165, 1.54) is 37.6 Å². The third-order valence-corrected chi connectivity index (χ3v) is 5.22. The number of carbonyl (C=O) groups is 1. The quantitative estimate of drug-likeness (QED) is 0.528. The van der Waals surface area contributed by atoms with E-state index in [-0.39, 0.29) is 29.6 Å². The Morgan fingerprint density at radius 3 is 2.62 bits per heavy atom. The van der Waals surface area contributed by atoms with E-state index in [2.05, 4.69) is 42.4 Å².